The Bertz CT molecular complexity index is 636. The fourth-order valence-electron chi connectivity index (χ4n) is 1.68. The number of benzene rings is 1. The highest BCUT2D eigenvalue weighted by Gasteiger charge is 2.14. The number of hydrogen-bond acceptors (Lipinski definition) is 4. The van der Waals surface area contributed by atoms with E-state index in [4.69, 9.17) is 9.84 Å². The Kier molecular flexibility index (Phi) is 4.49. The summed E-state index contributed by atoms with van der Waals surface area (Å²) < 4.78 is 5.06. The Morgan fingerprint density at radius 1 is 1.20 bits per heavy atom. The molecule has 1 aromatic carbocycles. The van der Waals surface area contributed by atoms with Crippen molar-refractivity contribution in [1.82, 2.24) is 0 Å². The highest BCUT2D eigenvalue weighted by atomic mass is 32.1. The minimum absolute atomic E-state index is 0.139. The van der Waals surface area contributed by atoms with E-state index in [0.717, 1.165) is 16.9 Å². The molecular formula is C14H13NO4S. The van der Waals surface area contributed by atoms with Gasteiger partial charge in [0.25, 0.3) is 5.91 Å². The number of carbonyl (C=O) groups excluding carboxylic acids is 1. The predicted octanol–water partition coefficient (Wildman–Crippen LogP) is 2.85. The zero-order chi connectivity index (χ0) is 14.5. The molecule has 0 aliphatic carbocycles. The number of rotatable bonds is 5. The van der Waals surface area contributed by atoms with Gasteiger partial charge in [-0.05, 0) is 18.2 Å². The third kappa shape index (κ3) is 3.23. The van der Waals surface area contributed by atoms with Gasteiger partial charge in [-0.1, -0.05) is 18.2 Å². The van der Waals surface area contributed by atoms with Crippen molar-refractivity contribution in [2.24, 2.45) is 0 Å². The number of aromatic carboxylic acids is 1. The van der Waals surface area contributed by atoms with Crippen LogP contribution in [0.25, 0.3) is 0 Å². The third-order valence-corrected chi connectivity index (χ3v) is 3.68. The lowest BCUT2D eigenvalue weighted by molar-refractivity contribution is 0.0702. The molecule has 0 bridgehead atoms. The zero-order valence-corrected chi connectivity index (χ0v) is 11.6. The van der Waals surface area contributed by atoms with Gasteiger partial charge >= 0.3 is 5.97 Å². The maximum Gasteiger partial charge on any atom is 0.345 e. The van der Waals surface area contributed by atoms with Crippen molar-refractivity contribution in [1.29, 1.82) is 0 Å². The second-order valence-corrected chi connectivity index (χ2v) is 5.10. The Morgan fingerprint density at radius 2 is 1.90 bits per heavy atom. The number of anilines is 1. The Hall–Kier alpha value is -2.18. The molecule has 1 aromatic heterocycles. The normalized spacial score (nSPS) is 10.2. The molecule has 1 heterocycles. The maximum absolute atomic E-state index is 12.1. The van der Waals surface area contributed by atoms with E-state index in [9.17, 15) is 9.59 Å². The molecule has 2 aromatic rings. The minimum atomic E-state index is -1.03. The summed E-state index contributed by atoms with van der Waals surface area (Å²) in [5, 5.41) is 11.6. The minimum Gasteiger partial charge on any atom is -0.477 e. The zero-order valence-electron chi connectivity index (χ0n) is 10.8. The van der Waals surface area contributed by atoms with Crippen LogP contribution in [0, 0.1) is 0 Å². The van der Waals surface area contributed by atoms with Crippen LogP contribution >= 0.6 is 11.3 Å². The molecule has 0 aliphatic heterocycles. The van der Waals surface area contributed by atoms with Gasteiger partial charge < -0.3 is 15.2 Å². The van der Waals surface area contributed by atoms with Crippen LogP contribution in [0.15, 0.2) is 36.4 Å². The number of carbonyl (C=O) groups is 2. The van der Waals surface area contributed by atoms with Gasteiger partial charge in [0.15, 0.2) is 0 Å². The molecule has 0 radical (unpaired) electrons. The molecule has 0 spiro atoms. The van der Waals surface area contributed by atoms with Crippen LogP contribution in [0.1, 0.15) is 24.9 Å². The molecule has 6 heteroatoms. The summed E-state index contributed by atoms with van der Waals surface area (Å²) >= 11 is 0.945. The van der Waals surface area contributed by atoms with Gasteiger partial charge in [-0.25, -0.2) is 4.79 Å². The maximum atomic E-state index is 12.1. The summed E-state index contributed by atoms with van der Waals surface area (Å²) in [5.74, 6) is -1.36. The summed E-state index contributed by atoms with van der Waals surface area (Å²) in [5.41, 5.74) is 1.52. The van der Waals surface area contributed by atoms with Gasteiger partial charge in [0.05, 0.1) is 11.5 Å². The van der Waals surface area contributed by atoms with Gasteiger partial charge in [-0.2, -0.15) is 0 Å². The average molecular weight is 291 g/mol. The number of methoxy groups -OCH3 is 1. The van der Waals surface area contributed by atoms with E-state index in [0.29, 0.717) is 17.2 Å². The van der Waals surface area contributed by atoms with Crippen molar-refractivity contribution in [2.45, 2.75) is 6.61 Å². The molecule has 2 rings (SSSR count). The van der Waals surface area contributed by atoms with E-state index in [1.807, 2.05) is 18.2 Å². The number of carboxylic acid groups (broad SMARTS) is 1. The van der Waals surface area contributed by atoms with Crippen molar-refractivity contribution in [2.75, 3.05) is 12.4 Å². The fourth-order valence-corrected chi connectivity index (χ4v) is 2.42. The molecule has 0 atom stereocenters. The van der Waals surface area contributed by atoms with Crippen LogP contribution in [0.3, 0.4) is 0 Å². The molecule has 104 valence electrons. The van der Waals surface area contributed by atoms with Gasteiger partial charge in [0, 0.05) is 18.4 Å². The van der Waals surface area contributed by atoms with Gasteiger partial charge in [-0.3, -0.25) is 4.79 Å². The van der Waals surface area contributed by atoms with Crippen molar-refractivity contribution >= 4 is 28.9 Å². The monoisotopic (exact) mass is 291 g/mol. The summed E-state index contributed by atoms with van der Waals surface area (Å²) in [6, 6.07) is 10.2. The number of amides is 1. The lowest BCUT2D eigenvalue weighted by atomic mass is 10.2. The number of ether oxygens (including phenoxy) is 1. The lowest BCUT2D eigenvalue weighted by Gasteiger charge is -2.09. The van der Waals surface area contributed by atoms with E-state index in [1.54, 1.807) is 13.2 Å². The van der Waals surface area contributed by atoms with E-state index in [1.165, 1.54) is 12.1 Å². The molecule has 0 fully saturated rings. The molecular weight excluding hydrogens is 278 g/mol. The van der Waals surface area contributed by atoms with Crippen LogP contribution in [0.2, 0.25) is 0 Å². The second kappa shape index (κ2) is 6.31. The topological polar surface area (TPSA) is 75.6 Å². The Balaban J connectivity index is 2.16. The van der Waals surface area contributed by atoms with Crippen molar-refractivity contribution in [3.05, 3.63) is 51.7 Å². The number of carboxylic acids is 1. The summed E-state index contributed by atoms with van der Waals surface area (Å²) in [6.07, 6.45) is 0. The van der Waals surface area contributed by atoms with Crippen molar-refractivity contribution in [3.8, 4) is 0 Å². The number of thiophene rings is 1. The smallest absolute Gasteiger partial charge is 0.345 e. The first-order valence-electron chi connectivity index (χ1n) is 5.83. The second-order valence-electron chi connectivity index (χ2n) is 4.01. The van der Waals surface area contributed by atoms with Crippen molar-refractivity contribution < 1.29 is 19.4 Å². The number of hydrogen-bond donors (Lipinski definition) is 2. The average Bonchev–Trinajstić information content (AvgIpc) is 2.91. The van der Waals surface area contributed by atoms with E-state index in [2.05, 4.69) is 5.32 Å². The van der Waals surface area contributed by atoms with Crippen LogP contribution < -0.4 is 5.32 Å². The molecule has 1 amide bonds. The first kappa shape index (κ1) is 14.2. The van der Waals surface area contributed by atoms with Crippen molar-refractivity contribution in [3.63, 3.8) is 0 Å². The molecule has 20 heavy (non-hydrogen) atoms. The molecule has 0 unspecified atom stereocenters. The molecule has 2 N–H and O–H groups in total. The highest BCUT2D eigenvalue weighted by Crippen LogP contribution is 2.20. The lowest BCUT2D eigenvalue weighted by Crippen LogP contribution is -2.12. The van der Waals surface area contributed by atoms with E-state index >= 15 is 0 Å². The van der Waals surface area contributed by atoms with Gasteiger partial charge in [0.1, 0.15) is 4.88 Å². The van der Waals surface area contributed by atoms with Gasteiger partial charge in [-0.15, -0.1) is 11.3 Å². The predicted molar refractivity (Wildman–Crippen MR) is 76.4 cm³/mol. The molecule has 0 saturated carbocycles. The van der Waals surface area contributed by atoms with Crippen LogP contribution in [-0.2, 0) is 11.3 Å². The standard InChI is InChI=1S/C14H13NO4S/c1-19-8-9-4-2-3-5-10(9)15-13(16)11-6-7-12(20-11)14(17)18/h2-7H,8H2,1H3,(H,15,16)(H,17,18). The molecule has 0 aliphatic rings. The molecule has 0 saturated heterocycles. The van der Waals surface area contributed by atoms with Crippen LogP contribution in [-0.4, -0.2) is 24.1 Å². The third-order valence-electron chi connectivity index (χ3n) is 2.61. The largest absolute Gasteiger partial charge is 0.477 e. The SMILES string of the molecule is COCc1ccccc1NC(=O)c1ccc(C(=O)O)s1. The first-order valence-corrected chi connectivity index (χ1v) is 6.65. The van der Waals surface area contributed by atoms with E-state index in [-0.39, 0.29) is 10.8 Å². The van der Waals surface area contributed by atoms with Crippen LogP contribution in [0.5, 0.6) is 0 Å². The van der Waals surface area contributed by atoms with Gasteiger partial charge in [0.2, 0.25) is 0 Å². The Morgan fingerprint density at radius 3 is 2.55 bits per heavy atom. The van der Waals surface area contributed by atoms with E-state index < -0.39 is 5.97 Å². The quantitative estimate of drug-likeness (QED) is 0.888. The number of para-hydroxylation sites is 1. The summed E-state index contributed by atoms with van der Waals surface area (Å²) in [7, 11) is 1.58. The number of nitrogens with one attached hydrogen (secondary N) is 1. The molecule has 5 nitrogen and oxygen atoms in total. The fraction of sp³-hybridized carbons (Fsp3) is 0.143. The summed E-state index contributed by atoms with van der Waals surface area (Å²) in [6.45, 7) is 0.390. The first-order chi connectivity index (χ1) is 9.61. The highest BCUT2D eigenvalue weighted by molar-refractivity contribution is 7.15. The Labute approximate surface area is 119 Å². The summed E-state index contributed by atoms with van der Waals surface area (Å²) in [4.78, 5) is 23.4. The van der Waals surface area contributed by atoms with Crippen LogP contribution in [0.4, 0.5) is 5.69 Å².